The van der Waals surface area contributed by atoms with Crippen molar-refractivity contribution in [2.24, 2.45) is 35.0 Å². The van der Waals surface area contributed by atoms with Gasteiger partial charge >= 0.3 is 0 Å². The van der Waals surface area contributed by atoms with Crippen LogP contribution >= 0.6 is 0 Å². The third kappa shape index (κ3) is 1.41. The minimum Gasteiger partial charge on any atom is -0.396 e. The van der Waals surface area contributed by atoms with E-state index in [-0.39, 0.29) is 29.6 Å². The van der Waals surface area contributed by atoms with Gasteiger partial charge in [0.25, 0.3) is 0 Å². The molecule has 0 heterocycles. The normalized spacial score (nSPS) is 53.6. The van der Waals surface area contributed by atoms with E-state index in [1.165, 1.54) is 0 Å². The third-order valence-corrected chi connectivity index (χ3v) is 6.34. The van der Waals surface area contributed by atoms with Gasteiger partial charge in [0, 0.05) is 13.0 Å². The number of hydrogen-bond donors (Lipinski definition) is 2. The SMILES string of the molecule is CC1(C)[C@@H]2[C@H]3[C@@H](CO)CC[C@H]3[C@](C)(O)C(=O)C[C@@H]21. The van der Waals surface area contributed by atoms with Gasteiger partial charge in [0.05, 0.1) is 0 Å². The maximum absolute atomic E-state index is 12.3. The number of rotatable bonds is 1. The Bertz CT molecular complexity index is 385. The average Bonchev–Trinajstić information content (AvgIpc) is 2.69. The summed E-state index contributed by atoms with van der Waals surface area (Å²) in [5, 5.41) is 20.2. The fourth-order valence-electron chi connectivity index (χ4n) is 5.07. The topological polar surface area (TPSA) is 57.5 Å². The van der Waals surface area contributed by atoms with E-state index in [0.717, 1.165) is 12.8 Å². The highest BCUT2D eigenvalue weighted by Crippen LogP contribution is 2.70. The predicted octanol–water partition coefficient (Wildman–Crippen LogP) is 1.62. The predicted molar refractivity (Wildman–Crippen MR) is 67.8 cm³/mol. The molecule has 3 heteroatoms. The molecule has 0 aromatic rings. The minimum atomic E-state index is -1.17. The molecule has 0 unspecified atom stereocenters. The van der Waals surface area contributed by atoms with Gasteiger partial charge in [-0.15, -0.1) is 0 Å². The van der Waals surface area contributed by atoms with Crippen molar-refractivity contribution in [2.45, 2.75) is 45.6 Å². The molecule has 0 radical (unpaired) electrons. The highest BCUT2D eigenvalue weighted by atomic mass is 16.3. The molecule has 102 valence electrons. The zero-order valence-electron chi connectivity index (χ0n) is 11.5. The van der Waals surface area contributed by atoms with Crippen molar-refractivity contribution < 1.29 is 15.0 Å². The van der Waals surface area contributed by atoms with Gasteiger partial charge in [0.15, 0.2) is 5.78 Å². The van der Waals surface area contributed by atoms with E-state index in [0.29, 0.717) is 24.2 Å². The molecular weight excluding hydrogens is 228 g/mol. The van der Waals surface area contributed by atoms with Crippen LogP contribution in [0.25, 0.3) is 0 Å². The first kappa shape index (κ1) is 12.6. The van der Waals surface area contributed by atoms with Crippen LogP contribution in [0, 0.1) is 35.0 Å². The summed E-state index contributed by atoms with van der Waals surface area (Å²) < 4.78 is 0. The van der Waals surface area contributed by atoms with E-state index in [1.54, 1.807) is 6.92 Å². The van der Waals surface area contributed by atoms with Crippen LogP contribution in [-0.4, -0.2) is 28.2 Å². The Balaban J connectivity index is 2.00. The molecule has 3 aliphatic carbocycles. The number of hydrogen-bond acceptors (Lipinski definition) is 3. The molecule has 0 spiro atoms. The van der Waals surface area contributed by atoms with Crippen LogP contribution in [0.15, 0.2) is 0 Å². The van der Waals surface area contributed by atoms with Crippen LogP contribution in [0.5, 0.6) is 0 Å². The summed E-state index contributed by atoms with van der Waals surface area (Å²) in [7, 11) is 0. The zero-order valence-corrected chi connectivity index (χ0v) is 11.5. The lowest BCUT2D eigenvalue weighted by molar-refractivity contribution is -0.143. The Hall–Kier alpha value is -0.410. The molecule has 3 fully saturated rings. The van der Waals surface area contributed by atoms with Crippen molar-refractivity contribution in [3.8, 4) is 0 Å². The molecule has 18 heavy (non-hydrogen) atoms. The second-order valence-corrected chi connectivity index (χ2v) is 7.43. The van der Waals surface area contributed by atoms with Crippen molar-refractivity contribution in [2.75, 3.05) is 6.61 Å². The first-order valence-corrected chi connectivity index (χ1v) is 7.18. The number of carbonyl (C=O) groups excluding carboxylic acids is 1. The Morgan fingerprint density at radius 3 is 2.50 bits per heavy atom. The van der Waals surface area contributed by atoms with E-state index in [4.69, 9.17) is 0 Å². The summed E-state index contributed by atoms with van der Waals surface area (Å²) in [5.74, 6) is 1.62. The van der Waals surface area contributed by atoms with Gasteiger partial charge in [-0.05, 0) is 54.8 Å². The van der Waals surface area contributed by atoms with Gasteiger partial charge in [-0.1, -0.05) is 13.8 Å². The molecule has 0 aromatic heterocycles. The standard InChI is InChI=1S/C15H24O3/c1-14(2)10-6-11(17)15(3,18)9-5-4-8(7-16)12(9)13(10)14/h8-10,12-13,16,18H,4-7H2,1-3H3/t8-,9-,10+,12+,13+,15+/m1/s1. The van der Waals surface area contributed by atoms with E-state index in [1.807, 2.05) is 0 Å². The average molecular weight is 252 g/mol. The summed E-state index contributed by atoms with van der Waals surface area (Å²) in [6.45, 7) is 6.37. The van der Waals surface area contributed by atoms with Gasteiger partial charge in [-0.25, -0.2) is 0 Å². The molecule has 2 N–H and O–H groups in total. The lowest BCUT2D eigenvalue weighted by atomic mass is 9.74. The lowest BCUT2D eigenvalue weighted by Gasteiger charge is -2.34. The van der Waals surface area contributed by atoms with E-state index >= 15 is 0 Å². The maximum Gasteiger partial charge on any atom is 0.164 e. The Labute approximate surface area is 109 Å². The first-order chi connectivity index (χ1) is 8.31. The number of aliphatic hydroxyl groups excluding tert-OH is 1. The fourth-order valence-corrected chi connectivity index (χ4v) is 5.07. The fraction of sp³-hybridized carbons (Fsp3) is 0.933. The highest BCUT2D eigenvalue weighted by Gasteiger charge is 2.69. The second kappa shape index (κ2) is 3.57. The van der Waals surface area contributed by atoms with Crippen LogP contribution < -0.4 is 0 Å². The lowest BCUT2D eigenvalue weighted by Crippen LogP contribution is -2.45. The third-order valence-electron chi connectivity index (χ3n) is 6.34. The van der Waals surface area contributed by atoms with Crippen molar-refractivity contribution in [1.82, 2.24) is 0 Å². The van der Waals surface area contributed by atoms with E-state index < -0.39 is 5.60 Å². The molecule has 0 aliphatic heterocycles. The second-order valence-electron chi connectivity index (χ2n) is 7.43. The number of fused-ring (bicyclic) bond motifs is 3. The van der Waals surface area contributed by atoms with Crippen LogP contribution in [-0.2, 0) is 4.79 Å². The van der Waals surface area contributed by atoms with Crippen LogP contribution in [0.4, 0.5) is 0 Å². The van der Waals surface area contributed by atoms with Crippen molar-refractivity contribution in [3.63, 3.8) is 0 Å². The van der Waals surface area contributed by atoms with Crippen LogP contribution in [0.1, 0.15) is 40.0 Å². The molecule has 3 saturated carbocycles. The van der Waals surface area contributed by atoms with Crippen LogP contribution in [0.2, 0.25) is 0 Å². The largest absolute Gasteiger partial charge is 0.396 e. The number of carbonyl (C=O) groups is 1. The molecule has 0 saturated heterocycles. The number of aliphatic hydroxyl groups is 2. The Morgan fingerprint density at radius 1 is 1.22 bits per heavy atom. The highest BCUT2D eigenvalue weighted by molar-refractivity contribution is 5.88. The van der Waals surface area contributed by atoms with E-state index in [2.05, 4.69) is 13.8 Å². The van der Waals surface area contributed by atoms with E-state index in [9.17, 15) is 15.0 Å². The molecule has 3 aliphatic rings. The summed E-state index contributed by atoms with van der Waals surface area (Å²) in [6, 6.07) is 0. The van der Waals surface area contributed by atoms with Crippen molar-refractivity contribution in [1.29, 1.82) is 0 Å². The van der Waals surface area contributed by atoms with Crippen molar-refractivity contribution in [3.05, 3.63) is 0 Å². The summed E-state index contributed by atoms with van der Waals surface area (Å²) in [5.41, 5.74) is -0.953. The van der Waals surface area contributed by atoms with Crippen LogP contribution in [0.3, 0.4) is 0 Å². The molecule has 0 aromatic carbocycles. The van der Waals surface area contributed by atoms with Gasteiger partial charge in [-0.3, -0.25) is 4.79 Å². The molecule has 0 bridgehead atoms. The molecule has 6 atom stereocenters. The summed E-state index contributed by atoms with van der Waals surface area (Å²) >= 11 is 0. The maximum atomic E-state index is 12.3. The Morgan fingerprint density at radius 2 is 1.89 bits per heavy atom. The van der Waals surface area contributed by atoms with Gasteiger partial charge in [0.2, 0.25) is 0 Å². The van der Waals surface area contributed by atoms with Gasteiger partial charge < -0.3 is 10.2 Å². The monoisotopic (exact) mass is 252 g/mol. The molecule has 3 nitrogen and oxygen atoms in total. The Kier molecular flexibility index (Phi) is 2.50. The first-order valence-electron chi connectivity index (χ1n) is 7.18. The minimum absolute atomic E-state index is 0.0224. The molecular formula is C15H24O3. The molecule has 0 amide bonds. The number of Topliss-reactive ketones (excluding diaryl/α,β-unsaturated/α-hetero) is 1. The van der Waals surface area contributed by atoms with Gasteiger partial charge in [-0.2, -0.15) is 0 Å². The van der Waals surface area contributed by atoms with Crippen molar-refractivity contribution >= 4 is 5.78 Å². The zero-order chi connectivity index (χ0) is 13.3. The summed E-state index contributed by atoms with van der Waals surface area (Å²) in [4.78, 5) is 12.3. The smallest absolute Gasteiger partial charge is 0.164 e. The quantitative estimate of drug-likeness (QED) is 0.745. The summed E-state index contributed by atoms with van der Waals surface area (Å²) in [6.07, 6.45) is 2.36. The van der Waals surface area contributed by atoms with Gasteiger partial charge in [0.1, 0.15) is 5.60 Å². The molecule has 3 rings (SSSR count). The number of ketones is 1.